The lowest BCUT2D eigenvalue weighted by Crippen LogP contribution is -2.46. The maximum atomic E-state index is 13.7. The van der Waals surface area contributed by atoms with Crippen LogP contribution in [0, 0.1) is 5.82 Å². The summed E-state index contributed by atoms with van der Waals surface area (Å²) >= 11 is 0. The van der Waals surface area contributed by atoms with Crippen LogP contribution in [0.5, 0.6) is 5.75 Å². The van der Waals surface area contributed by atoms with Gasteiger partial charge in [0, 0.05) is 18.2 Å². The van der Waals surface area contributed by atoms with Crippen LogP contribution in [0.3, 0.4) is 0 Å². The van der Waals surface area contributed by atoms with Gasteiger partial charge < -0.3 is 20.7 Å². The van der Waals surface area contributed by atoms with Gasteiger partial charge in [-0.3, -0.25) is 9.59 Å². The monoisotopic (exact) mass is 295 g/mol. The van der Waals surface area contributed by atoms with E-state index in [9.17, 15) is 14.0 Å². The zero-order valence-electron chi connectivity index (χ0n) is 11.8. The first kappa shape index (κ1) is 15.2. The number of primary amides is 1. The fourth-order valence-electron chi connectivity index (χ4n) is 2.41. The van der Waals surface area contributed by atoms with E-state index in [1.54, 1.807) is 0 Å². The number of nitrogens with one attached hydrogen (secondary N) is 1. The Labute approximate surface area is 122 Å². The van der Waals surface area contributed by atoms with Gasteiger partial charge in [0.2, 0.25) is 5.91 Å². The Balaban J connectivity index is 2.24. The van der Waals surface area contributed by atoms with Crippen LogP contribution in [0.15, 0.2) is 18.2 Å². The molecular formula is C14H18FN3O3. The number of amides is 2. The normalized spacial score (nSPS) is 17.5. The van der Waals surface area contributed by atoms with E-state index in [0.29, 0.717) is 6.54 Å². The van der Waals surface area contributed by atoms with Gasteiger partial charge in [-0.05, 0) is 31.2 Å². The minimum Gasteiger partial charge on any atom is -0.494 e. The molecule has 2 rings (SSSR count). The molecule has 1 aliphatic heterocycles. The predicted molar refractivity (Wildman–Crippen MR) is 74.5 cm³/mol. The van der Waals surface area contributed by atoms with E-state index in [1.165, 1.54) is 24.1 Å². The summed E-state index contributed by atoms with van der Waals surface area (Å²) < 4.78 is 18.5. The van der Waals surface area contributed by atoms with Crippen LogP contribution >= 0.6 is 0 Å². The molecule has 1 saturated heterocycles. The van der Waals surface area contributed by atoms with Gasteiger partial charge >= 0.3 is 0 Å². The largest absolute Gasteiger partial charge is 0.494 e. The van der Waals surface area contributed by atoms with Gasteiger partial charge in [0.15, 0.2) is 11.6 Å². The Hall–Kier alpha value is -2.15. The summed E-state index contributed by atoms with van der Waals surface area (Å²) in [6, 6.07) is 3.85. The number of methoxy groups -OCH3 is 1. The number of hydrogen-bond acceptors (Lipinski definition) is 4. The predicted octanol–water partition coefficient (Wildman–Crippen LogP) is 0.124. The van der Waals surface area contributed by atoms with Crippen molar-refractivity contribution in [2.24, 2.45) is 5.73 Å². The van der Waals surface area contributed by atoms with Crippen LogP contribution < -0.4 is 15.8 Å². The Kier molecular flexibility index (Phi) is 4.74. The number of halogens is 1. The molecule has 0 radical (unpaired) electrons. The number of benzene rings is 1. The first-order valence-corrected chi connectivity index (χ1v) is 6.66. The molecule has 1 aliphatic rings. The highest BCUT2D eigenvalue weighted by Gasteiger charge is 2.28. The summed E-state index contributed by atoms with van der Waals surface area (Å²) in [7, 11) is 1.35. The lowest BCUT2D eigenvalue weighted by molar-refractivity contribution is -0.119. The summed E-state index contributed by atoms with van der Waals surface area (Å²) in [6.07, 6.45) is 0.734. The molecule has 3 N–H and O–H groups in total. The number of nitrogens with two attached hydrogens (primary N) is 1. The molecule has 1 heterocycles. The van der Waals surface area contributed by atoms with Crippen molar-refractivity contribution in [2.45, 2.75) is 12.5 Å². The van der Waals surface area contributed by atoms with E-state index in [-0.39, 0.29) is 23.9 Å². The number of carbonyl (C=O) groups excluding carboxylic acids is 2. The molecule has 0 spiro atoms. The van der Waals surface area contributed by atoms with Crippen molar-refractivity contribution in [2.75, 3.05) is 26.7 Å². The quantitative estimate of drug-likeness (QED) is 0.808. The molecule has 1 unspecified atom stereocenters. The van der Waals surface area contributed by atoms with Gasteiger partial charge in [0.1, 0.15) is 0 Å². The molecule has 0 aliphatic carbocycles. The van der Waals surface area contributed by atoms with Gasteiger partial charge in [-0.25, -0.2) is 4.39 Å². The molecule has 114 valence electrons. The van der Waals surface area contributed by atoms with Gasteiger partial charge in [0.25, 0.3) is 5.91 Å². The van der Waals surface area contributed by atoms with Crippen LogP contribution in [-0.2, 0) is 4.79 Å². The molecule has 1 aromatic rings. The second-order valence-corrected chi connectivity index (χ2v) is 4.90. The molecular weight excluding hydrogens is 277 g/mol. The van der Waals surface area contributed by atoms with E-state index >= 15 is 0 Å². The third-order valence-corrected chi connectivity index (χ3v) is 3.46. The molecule has 0 aromatic heterocycles. The van der Waals surface area contributed by atoms with Crippen molar-refractivity contribution in [3.8, 4) is 5.75 Å². The van der Waals surface area contributed by atoms with Crippen LogP contribution in [0.2, 0.25) is 0 Å². The van der Waals surface area contributed by atoms with E-state index in [2.05, 4.69) is 5.32 Å². The summed E-state index contributed by atoms with van der Waals surface area (Å²) in [4.78, 5) is 25.1. The maximum absolute atomic E-state index is 13.7. The van der Waals surface area contributed by atoms with Gasteiger partial charge in [-0.1, -0.05) is 0 Å². The van der Waals surface area contributed by atoms with Crippen molar-refractivity contribution < 1.29 is 18.7 Å². The standard InChI is InChI=1S/C14H18FN3O3/c1-21-12-3-2-9(6-11(12)15)14(20)18(8-13(16)19)10-4-5-17-7-10/h2-3,6,10,17H,4-5,7-8H2,1H3,(H2,16,19). The minimum atomic E-state index is -0.619. The topological polar surface area (TPSA) is 84.7 Å². The minimum absolute atomic E-state index is 0.0653. The fourth-order valence-corrected chi connectivity index (χ4v) is 2.41. The Morgan fingerprint density at radius 2 is 2.29 bits per heavy atom. The molecule has 7 heteroatoms. The third kappa shape index (κ3) is 3.49. The summed E-state index contributed by atoms with van der Waals surface area (Å²) in [5.74, 6) is -1.56. The fraction of sp³-hybridized carbons (Fsp3) is 0.429. The average Bonchev–Trinajstić information content (AvgIpc) is 2.97. The van der Waals surface area contributed by atoms with Crippen LogP contribution in [0.4, 0.5) is 4.39 Å². The second kappa shape index (κ2) is 6.53. The molecule has 21 heavy (non-hydrogen) atoms. The van der Waals surface area contributed by atoms with E-state index in [1.807, 2.05) is 0 Å². The zero-order valence-corrected chi connectivity index (χ0v) is 11.8. The first-order chi connectivity index (χ1) is 10.0. The van der Waals surface area contributed by atoms with Crippen molar-refractivity contribution >= 4 is 11.8 Å². The highest BCUT2D eigenvalue weighted by molar-refractivity contribution is 5.96. The smallest absolute Gasteiger partial charge is 0.254 e. The van der Waals surface area contributed by atoms with E-state index < -0.39 is 17.6 Å². The van der Waals surface area contributed by atoms with Crippen molar-refractivity contribution in [3.63, 3.8) is 0 Å². The van der Waals surface area contributed by atoms with Crippen molar-refractivity contribution in [1.82, 2.24) is 10.2 Å². The second-order valence-electron chi connectivity index (χ2n) is 4.90. The Bertz CT molecular complexity index is 544. The number of rotatable bonds is 5. The summed E-state index contributed by atoms with van der Waals surface area (Å²) in [6.45, 7) is 1.18. The van der Waals surface area contributed by atoms with Crippen LogP contribution in [-0.4, -0.2) is 49.5 Å². The highest BCUT2D eigenvalue weighted by atomic mass is 19.1. The summed E-state index contributed by atoms with van der Waals surface area (Å²) in [5.41, 5.74) is 5.37. The molecule has 1 atom stereocenters. The van der Waals surface area contributed by atoms with Crippen LogP contribution in [0.1, 0.15) is 16.8 Å². The maximum Gasteiger partial charge on any atom is 0.254 e. The number of hydrogen-bond donors (Lipinski definition) is 2. The lowest BCUT2D eigenvalue weighted by Gasteiger charge is -2.27. The molecule has 1 fully saturated rings. The summed E-state index contributed by atoms with van der Waals surface area (Å²) in [5, 5.41) is 3.12. The molecule has 0 saturated carbocycles. The van der Waals surface area contributed by atoms with Gasteiger partial charge in [-0.15, -0.1) is 0 Å². The Morgan fingerprint density at radius 1 is 1.52 bits per heavy atom. The number of ether oxygens (including phenoxy) is 1. The average molecular weight is 295 g/mol. The zero-order chi connectivity index (χ0) is 15.4. The highest BCUT2D eigenvalue weighted by Crippen LogP contribution is 2.20. The van der Waals surface area contributed by atoms with Crippen molar-refractivity contribution in [3.05, 3.63) is 29.6 Å². The first-order valence-electron chi connectivity index (χ1n) is 6.66. The molecule has 2 amide bonds. The van der Waals surface area contributed by atoms with Gasteiger partial charge in [-0.2, -0.15) is 0 Å². The lowest BCUT2D eigenvalue weighted by atomic mass is 10.1. The third-order valence-electron chi connectivity index (χ3n) is 3.46. The Morgan fingerprint density at radius 3 is 2.81 bits per heavy atom. The SMILES string of the molecule is COc1ccc(C(=O)N(CC(N)=O)C2CCNC2)cc1F. The number of carbonyl (C=O) groups is 2. The van der Waals surface area contributed by atoms with Gasteiger partial charge in [0.05, 0.1) is 13.7 Å². The van der Waals surface area contributed by atoms with E-state index in [4.69, 9.17) is 10.5 Å². The molecule has 6 nitrogen and oxygen atoms in total. The number of nitrogens with zero attached hydrogens (tertiary/aromatic N) is 1. The molecule has 1 aromatic carbocycles. The van der Waals surface area contributed by atoms with Crippen molar-refractivity contribution in [1.29, 1.82) is 0 Å². The molecule has 0 bridgehead atoms. The van der Waals surface area contributed by atoms with E-state index in [0.717, 1.165) is 19.0 Å². The van der Waals surface area contributed by atoms with Crippen LogP contribution in [0.25, 0.3) is 0 Å².